The van der Waals surface area contributed by atoms with Gasteiger partial charge in [-0.15, -0.1) is 0 Å². The van der Waals surface area contributed by atoms with Crippen LogP contribution in [0, 0.1) is 5.92 Å². The zero-order valence-corrected chi connectivity index (χ0v) is 14.8. The molecule has 1 amide bonds. The highest BCUT2D eigenvalue weighted by molar-refractivity contribution is 5.94. The van der Waals surface area contributed by atoms with Gasteiger partial charge in [0.25, 0.3) is 5.91 Å². The molecule has 0 aliphatic carbocycles. The number of rotatable bonds is 5. The van der Waals surface area contributed by atoms with Crippen molar-refractivity contribution < 1.29 is 4.79 Å². The number of likely N-dealkylation sites (N-methyl/N-ethyl adjacent to an activating group) is 1. The van der Waals surface area contributed by atoms with Gasteiger partial charge in [-0.2, -0.15) is 0 Å². The molecular formula is C19H30N4O. The van der Waals surface area contributed by atoms with Gasteiger partial charge in [-0.25, -0.2) is 0 Å². The van der Waals surface area contributed by atoms with Crippen LogP contribution in [0.25, 0.3) is 0 Å². The predicted octanol–water partition coefficient (Wildman–Crippen LogP) is 1.16. The largest absolute Gasteiger partial charge is 0.352 e. The van der Waals surface area contributed by atoms with Crippen molar-refractivity contribution >= 4 is 5.91 Å². The fourth-order valence-corrected chi connectivity index (χ4v) is 3.51. The van der Waals surface area contributed by atoms with Crippen molar-refractivity contribution in [1.82, 2.24) is 20.4 Å². The van der Waals surface area contributed by atoms with Crippen LogP contribution in [0.2, 0.25) is 0 Å². The SMILES string of the molecule is CN1CCN(Cc2cccc(C(=O)NCC3CCCNC3)c2)CC1. The smallest absolute Gasteiger partial charge is 0.251 e. The highest BCUT2D eigenvalue weighted by Crippen LogP contribution is 2.12. The molecule has 1 unspecified atom stereocenters. The molecule has 1 atom stereocenters. The quantitative estimate of drug-likeness (QED) is 0.851. The minimum atomic E-state index is 0.0563. The van der Waals surface area contributed by atoms with E-state index < -0.39 is 0 Å². The normalized spacial score (nSPS) is 23.1. The highest BCUT2D eigenvalue weighted by Gasteiger charge is 2.16. The van der Waals surface area contributed by atoms with Crippen LogP contribution in [-0.4, -0.2) is 68.6 Å². The van der Waals surface area contributed by atoms with E-state index in [9.17, 15) is 4.79 Å². The van der Waals surface area contributed by atoms with Crippen molar-refractivity contribution in [1.29, 1.82) is 0 Å². The Morgan fingerprint density at radius 1 is 1.29 bits per heavy atom. The van der Waals surface area contributed by atoms with Gasteiger partial charge in [0.2, 0.25) is 0 Å². The summed E-state index contributed by atoms with van der Waals surface area (Å²) in [6, 6.07) is 8.09. The first-order valence-corrected chi connectivity index (χ1v) is 9.19. The summed E-state index contributed by atoms with van der Waals surface area (Å²) in [6.45, 7) is 8.27. The first kappa shape index (κ1) is 17.4. The van der Waals surface area contributed by atoms with Gasteiger partial charge in [-0.3, -0.25) is 9.69 Å². The van der Waals surface area contributed by atoms with Gasteiger partial charge in [0.15, 0.2) is 0 Å². The van der Waals surface area contributed by atoms with Gasteiger partial charge in [0.05, 0.1) is 0 Å². The van der Waals surface area contributed by atoms with E-state index in [0.29, 0.717) is 5.92 Å². The summed E-state index contributed by atoms with van der Waals surface area (Å²) in [4.78, 5) is 17.2. The van der Waals surface area contributed by atoms with Crippen LogP contribution in [-0.2, 0) is 6.54 Å². The van der Waals surface area contributed by atoms with Crippen LogP contribution in [0.1, 0.15) is 28.8 Å². The fraction of sp³-hybridized carbons (Fsp3) is 0.632. The van der Waals surface area contributed by atoms with E-state index in [1.807, 2.05) is 18.2 Å². The second-order valence-electron chi connectivity index (χ2n) is 7.20. The Kier molecular flexibility index (Phi) is 6.24. The molecule has 2 heterocycles. The van der Waals surface area contributed by atoms with Gasteiger partial charge in [0.1, 0.15) is 0 Å². The first-order chi connectivity index (χ1) is 11.7. The predicted molar refractivity (Wildman–Crippen MR) is 97.1 cm³/mol. The molecule has 0 aromatic heterocycles. The highest BCUT2D eigenvalue weighted by atomic mass is 16.1. The lowest BCUT2D eigenvalue weighted by atomic mass is 9.99. The summed E-state index contributed by atoms with van der Waals surface area (Å²) in [5.41, 5.74) is 2.01. The maximum atomic E-state index is 12.4. The minimum Gasteiger partial charge on any atom is -0.352 e. The molecule has 0 radical (unpaired) electrons. The number of piperazine rings is 1. The summed E-state index contributed by atoms with van der Waals surface area (Å²) in [6.07, 6.45) is 2.41. The zero-order chi connectivity index (χ0) is 16.8. The van der Waals surface area contributed by atoms with E-state index in [0.717, 1.165) is 57.9 Å². The average Bonchev–Trinajstić information content (AvgIpc) is 2.63. The van der Waals surface area contributed by atoms with Gasteiger partial charge in [-0.05, 0) is 56.6 Å². The van der Waals surface area contributed by atoms with E-state index in [1.54, 1.807) is 0 Å². The number of piperidine rings is 1. The summed E-state index contributed by atoms with van der Waals surface area (Å²) in [5.74, 6) is 0.622. The number of nitrogens with one attached hydrogen (secondary N) is 2. The minimum absolute atomic E-state index is 0.0563. The molecule has 5 heteroatoms. The van der Waals surface area contributed by atoms with Crippen molar-refractivity contribution in [3.8, 4) is 0 Å². The van der Waals surface area contributed by atoms with E-state index in [1.165, 1.54) is 18.4 Å². The van der Waals surface area contributed by atoms with Crippen LogP contribution < -0.4 is 10.6 Å². The molecule has 0 bridgehead atoms. The molecule has 3 rings (SSSR count). The van der Waals surface area contributed by atoms with E-state index >= 15 is 0 Å². The molecule has 2 N–H and O–H groups in total. The van der Waals surface area contributed by atoms with Gasteiger partial charge < -0.3 is 15.5 Å². The lowest BCUT2D eigenvalue weighted by Crippen LogP contribution is -2.43. The molecule has 2 fully saturated rings. The van der Waals surface area contributed by atoms with Gasteiger partial charge >= 0.3 is 0 Å². The Bertz CT molecular complexity index is 534. The molecule has 0 saturated carbocycles. The van der Waals surface area contributed by atoms with Crippen LogP contribution in [0.3, 0.4) is 0 Å². The Balaban J connectivity index is 1.51. The van der Waals surface area contributed by atoms with Crippen LogP contribution in [0.15, 0.2) is 24.3 Å². The Labute approximate surface area is 145 Å². The summed E-state index contributed by atoms with van der Waals surface area (Å²) in [7, 11) is 2.17. The van der Waals surface area contributed by atoms with Crippen LogP contribution >= 0.6 is 0 Å². The van der Waals surface area contributed by atoms with Crippen LogP contribution in [0.4, 0.5) is 0 Å². The summed E-state index contributed by atoms with van der Waals surface area (Å²) >= 11 is 0. The first-order valence-electron chi connectivity index (χ1n) is 9.19. The third-order valence-electron chi connectivity index (χ3n) is 5.14. The Morgan fingerprint density at radius 3 is 2.88 bits per heavy atom. The third kappa shape index (κ3) is 5.03. The van der Waals surface area contributed by atoms with E-state index in [-0.39, 0.29) is 5.91 Å². The monoisotopic (exact) mass is 330 g/mol. The number of hydrogen-bond donors (Lipinski definition) is 2. The third-order valence-corrected chi connectivity index (χ3v) is 5.14. The molecule has 1 aromatic carbocycles. The maximum absolute atomic E-state index is 12.4. The molecule has 1 aromatic rings. The number of benzene rings is 1. The molecule has 132 valence electrons. The number of amides is 1. The molecule has 0 spiro atoms. The molecule has 2 aliphatic heterocycles. The lowest BCUT2D eigenvalue weighted by Gasteiger charge is -2.32. The van der Waals surface area contributed by atoms with Gasteiger partial charge in [-0.1, -0.05) is 12.1 Å². The number of nitrogens with zero attached hydrogens (tertiary/aromatic N) is 2. The second-order valence-corrected chi connectivity index (χ2v) is 7.20. The average molecular weight is 330 g/mol. The summed E-state index contributed by atoms with van der Waals surface area (Å²) in [5, 5.41) is 6.50. The molecule has 24 heavy (non-hydrogen) atoms. The lowest BCUT2D eigenvalue weighted by molar-refractivity contribution is 0.0944. The van der Waals surface area contributed by atoms with Crippen molar-refractivity contribution in [3.05, 3.63) is 35.4 Å². The Hall–Kier alpha value is -1.43. The number of carbonyl (C=O) groups excluding carboxylic acids is 1. The Morgan fingerprint density at radius 2 is 2.12 bits per heavy atom. The fourth-order valence-electron chi connectivity index (χ4n) is 3.51. The number of carbonyl (C=O) groups is 1. The zero-order valence-electron chi connectivity index (χ0n) is 14.8. The van der Waals surface area contributed by atoms with Crippen LogP contribution in [0.5, 0.6) is 0 Å². The topological polar surface area (TPSA) is 47.6 Å². The second kappa shape index (κ2) is 8.60. The standard InChI is InChI=1S/C19H30N4O/c1-22-8-10-23(11-9-22)15-16-4-2-6-18(12-16)19(24)21-14-17-5-3-7-20-13-17/h2,4,6,12,17,20H,3,5,7-11,13-15H2,1H3,(H,21,24). The molecule has 2 aliphatic rings. The number of hydrogen-bond acceptors (Lipinski definition) is 4. The maximum Gasteiger partial charge on any atom is 0.251 e. The van der Waals surface area contributed by atoms with Gasteiger partial charge in [0, 0.05) is 44.8 Å². The van der Waals surface area contributed by atoms with Crippen molar-refractivity contribution in [2.45, 2.75) is 19.4 Å². The van der Waals surface area contributed by atoms with Crippen molar-refractivity contribution in [2.24, 2.45) is 5.92 Å². The van der Waals surface area contributed by atoms with E-state index in [2.05, 4.69) is 33.5 Å². The summed E-state index contributed by atoms with van der Waals surface area (Å²) < 4.78 is 0. The van der Waals surface area contributed by atoms with Crippen molar-refractivity contribution in [2.75, 3.05) is 52.9 Å². The molecule has 5 nitrogen and oxygen atoms in total. The molecular weight excluding hydrogens is 300 g/mol. The van der Waals surface area contributed by atoms with E-state index in [4.69, 9.17) is 0 Å². The molecule has 2 saturated heterocycles. The van der Waals surface area contributed by atoms with Crippen molar-refractivity contribution in [3.63, 3.8) is 0 Å².